The molecule has 1 N–H and O–H groups in total. The molecule has 0 fully saturated rings. The minimum absolute atomic E-state index is 0.133. The molecule has 9 heteroatoms. The van der Waals surface area contributed by atoms with Crippen LogP contribution in [-0.4, -0.2) is 41.1 Å². The summed E-state index contributed by atoms with van der Waals surface area (Å²) in [5, 5.41) is 25.2. The number of nitrogens with zero attached hydrogens (tertiary/aromatic N) is 4. The summed E-state index contributed by atoms with van der Waals surface area (Å²) < 4.78 is 26.7. The van der Waals surface area contributed by atoms with Gasteiger partial charge in [0.1, 0.15) is 5.60 Å². The molecule has 3 aromatic rings. The average Bonchev–Trinajstić information content (AvgIpc) is 3.11. The van der Waals surface area contributed by atoms with Gasteiger partial charge in [0.15, 0.2) is 0 Å². The van der Waals surface area contributed by atoms with E-state index in [1.807, 2.05) is 6.07 Å². The predicted octanol–water partition coefficient (Wildman–Crippen LogP) is 3.32. The van der Waals surface area contributed by atoms with E-state index in [1.165, 1.54) is 20.3 Å². The molecule has 0 radical (unpaired) electrons. The molecule has 0 aliphatic heterocycles. The van der Waals surface area contributed by atoms with Gasteiger partial charge in [0, 0.05) is 24.7 Å². The standard InChI is InChI=1S/C21H21ClN4O3S/c1-15-20(14-26(24-15)30(28,29)25(2)3)16-4-6-17(7-5-16)21(27,12-13-23)18-8-10-19(22)11-9-18/h4-11,14,27H,12H2,1-3H3. The van der Waals surface area contributed by atoms with Crippen LogP contribution in [0.15, 0.2) is 54.7 Å². The molecule has 1 atom stereocenters. The van der Waals surface area contributed by atoms with Gasteiger partial charge in [-0.3, -0.25) is 0 Å². The average molecular weight is 445 g/mol. The summed E-state index contributed by atoms with van der Waals surface area (Å²) in [4.78, 5) is 0. The third kappa shape index (κ3) is 3.98. The molecule has 1 heterocycles. The van der Waals surface area contributed by atoms with Crippen molar-refractivity contribution in [3.63, 3.8) is 0 Å². The van der Waals surface area contributed by atoms with Gasteiger partial charge in [0.05, 0.1) is 24.4 Å². The second-order valence-corrected chi connectivity index (χ2v) is 9.51. The summed E-state index contributed by atoms with van der Waals surface area (Å²) >= 11 is 5.94. The molecule has 0 spiro atoms. The van der Waals surface area contributed by atoms with Crippen molar-refractivity contribution in [2.75, 3.05) is 14.1 Å². The quantitative estimate of drug-likeness (QED) is 0.628. The Kier molecular flexibility index (Phi) is 6.01. The zero-order valence-electron chi connectivity index (χ0n) is 16.7. The maximum Gasteiger partial charge on any atom is 0.322 e. The maximum absolute atomic E-state index is 12.3. The maximum atomic E-state index is 12.3. The molecule has 0 aliphatic rings. The number of nitriles is 1. The minimum Gasteiger partial charge on any atom is -0.379 e. The number of aryl methyl sites for hydroxylation is 1. The molecule has 0 saturated heterocycles. The fraction of sp³-hybridized carbons (Fsp3) is 0.238. The number of benzene rings is 2. The molecule has 3 rings (SSSR count). The number of hydrogen-bond donors (Lipinski definition) is 1. The molecule has 1 aromatic heterocycles. The monoisotopic (exact) mass is 444 g/mol. The Morgan fingerprint density at radius 1 is 1.13 bits per heavy atom. The molecule has 0 aliphatic carbocycles. The van der Waals surface area contributed by atoms with E-state index in [9.17, 15) is 18.8 Å². The van der Waals surface area contributed by atoms with Gasteiger partial charge in [-0.2, -0.15) is 27.2 Å². The number of hydrogen-bond acceptors (Lipinski definition) is 5. The lowest BCUT2D eigenvalue weighted by Crippen LogP contribution is -2.29. The summed E-state index contributed by atoms with van der Waals surface area (Å²) in [6, 6.07) is 15.7. The molecular formula is C21H21ClN4O3S. The van der Waals surface area contributed by atoms with Crippen LogP contribution < -0.4 is 0 Å². The summed E-state index contributed by atoms with van der Waals surface area (Å²) in [5.74, 6) is 0. The molecule has 0 bridgehead atoms. The lowest BCUT2D eigenvalue weighted by molar-refractivity contribution is 0.0860. The van der Waals surface area contributed by atoms with Gasteiger partial charge >= 0.3 is 10.2 Å². The van der Waals surface area contributed by atoms with Crippen LogP contribution in [-0.2, 0) is 15.8 Å². The van der Waals surface area contributed by atoms with E-state index in [1.54, 1.807) is 55.5 Å². The van der Waals surface area contributed by atoms with Crippen LogP contribution in [0.1, 0.15) is 23.2 Å². The Balaban J connectivity index is 2.01. The largest absolute Gasteiger partial charge is 0.379 e. The first-order chi connectivity index (χ1) is 14.1. The highest BCUT2D eigenvalue weighted by Crippen LogP contribution is 2.35. The van der Waals surface area contributed by atoms with Crippen LogP contribution in [0.5, 0.6) is 0 Å². The zero-order valence-corrected chi connectivity index (χ0v) is 18.3. The molecule has 0 amide bonds. The number of rotatable bonds is 6. The van der Waals surface area contributed by atoms with Gasteiger partial charge in [0.25, 0.3) is 0 Å². The molecule has 0 saturated carbocycles. The second kappa shape index (κ2) is 8.20. The van der Waals surface area contributed by atoms with Crippen molar-refractivity contribution in [3.8, 4) is 17.2 Å². The molecular weight excluding hydrogens is 424 g/mol. The lowest BCUT2D eigenvalue weighted by atomic mass is 9.83. The van der Waals surface area contributed by atoms with E-state index < -0.39 is 15.8 Å². The Morgan fingerprint density at radius 2 is 1.67 bits per heavy atom. The summed E-state index contributed by atoms with van der Waals surface area (Å²) in [7, 11) is -0.837. The van der Waals surface area contributed by atoms with E-state index in [-0.39, 0.29) is 6.42 Å². The Morgan fingerprint density at radius 3 is 2.17 bits per heavy atom. The van der Waals surface area contributed by atoms with Crippen LogP contribution in [0.3, 0.4) is 0 Å². The highest BCUT2D eigenvalue weighted by Gasteiger charge is 2.31. The van der Waals surface area contributed by atoms with Crippen molar-refractivity contribution < 1.29 is 13.5 Å². The highest BCUT2D eigenvalue weighted by atomic mass is 35.5. The van der Waals surface area contributed by atoms with Crippen molar-refractivity contribution in [3.05, 3.63) is 76.6 Å². The van der Waals surface area contributed by atoms with Crippen molar-refractivity contribution >= 4 is 21.8 Å². The lowest BCUT2D eigenvalue weighted by Gasteiger charge is -2.27. The smallest absolute Gasteiger partial charge is 0.322 e. The van der Waals surface area contributed by atoms with Crippen LogP contribution in [0.4, 0.5) is 0 Å². The van der Waals surface area contributed by atoms with Crippen LogP contribution in [0, 0.1) is 18.3 Å². The summed E-state index contributed by atoms with van der Waals surface area (Å²) in [6.45, 7) is 1.73. The normalized spacial score (nSPS) is 13.8. The number of aromatic nitrogens is 2. The van der Waals surface area contributed by atoms with Gasteiger partial charge < -0.3 is 5.11 Å². The number of halogens is 1. The van der Waals surface area contributed by atoms with E-state index >= 15 is 0 Å². The number of aliphatic hydroxyl groups is 1. The van der Waals surface area contributed by atoms with E-state index in [2.05, 4.69) is 5.10 Å². The van der Waals surface area contributed by atoms with Crippen LogP contribution in [0.25, 0.3) is 11.1 Å². The van der Waals surface area contributed by atoms with Crippen LogP contribution in [0.2, 0.25) is 5.02 Å². The predicted molar refractivity (Wildman–Crippen MR) is 115 cm³/mol. The van der Waals surface area contributed by atoms with Crippen LogP contribution >= 0.6 is 11.6 Å². The molecule has 156 valence electrons. The van der Waals surface area contributed by atoms with Gasteiger partial charge in [-0.15, -0.1) is 0 Å². The SMILES string of the molecule is Cc1nn(S(=O)(=O)N(C)C)cc1-c1ccc(C(O)(CC#N)c2ccc(Cl)cc2)cc1. The third-order valence-corrected chi connectivity index (χ3v) is 6.74. The first kappa shape index (κ1) is 22.0. The van der Waals surface area contributed by atoms with Crippen molar-refractivity contribution in [1.82, 2.24) is 13.5 Å². The van der Waals surface area contributed by atoms with Gasteiger partial charge in [-0.05, 0) is 35.7 Å². The third-order valence-electron chi connectivity index (χ3n) is 4.91. The van der Waals surface area contributed by atoms with E-state index in [0.717, 1.165) is 14.0 Å². The highest BCUT2D eigenvalue weighted by molar-refractivity contribution is 7.87. The molecule has 30 heavy (non-hydrogen) atoms. The zero-order chi connectivity index (χ0) is 22.1. The summed E-state index contributed by atoms with van der Waals surface area (Å²) in [5.41, 5.74) is 1.56. The molecule has 1 unspecified atom stereocenters. The fourth-order valence-corrected chi connectivity index (χ4v) is 4.06. The van der Waals surface area contributed by atoms with E-state index in [0.29, 0.717) is 27.4 Å². The van der Waals surface area contributed by atoms with Crippen molar-refractivity contribution in [1.29, 1.82) is 5.26 Å². The second-order valence-electron chi connectivity index (χ2n) is 7.07. The van der Waals surface area contributed by atoms with Gasteiger partial charge in [-0.25, -0.2) is 0 Å². The first-order valence-electron chi connectivity index (χ1n) is 9.05. The van der Waals surface area contributed by atoms with Gasteiger partial charge in [-0.1, -0.05) is 48.0 Å². The summed E-state index contributed by atoms with van der Waals surface area (Å²) in [6.07, 6.45) is 1.33. The Labute approximate surface area is 180 Å². The minimum atomic E-state index is -3.71. The van der Waals surface area contributed by atoms with Gasteiger partial charge in [0.2, 0.25) is 0 Å². The topological polar surface area (TPSA) is 99.2 Å². The molecule has 2 aromatic carbocycles. The van der Waals surface area contributed by atoms with Crippen molar-refractivity contribution in [2.45, 2.75) is 18.9 Å². The van der Waals surface area contributed by atoms with Crippen molar-refractivity contribution in [2.24, 2.45) is 0 Å². The first-order valence-corrected chi connectivity index (χ1v) is 10.8. The molecule has 7 nitrogen and oxygen atoms in total. The Bertz CT molecular complexity index is 1200. The van der Waals surface area contributed by atoms with E-state index in [4.69, 9.17) is 11.6 Å². The Hall–Kier alpha value is -2.70. The fourth-order valence-electron chi connectivity index (χ4n) is 3.14.